The van der Waals surface area contributed by atoms with Gasteiger partial charge in [-0.05, 0) is 51.0 Å². The van der Waals surface area contributed by atoms with Gasteiger partial charge in [-0.3, -0.25) is 0 Å². The summed E-state index contributed by atoms with van der Waals surface area (Å²) < 4.78 is 12.3. The lowest BCUT2D eigenvalue weighted by molar-refractivity contribution is -0.161. The van der Waals surface area contributed by atoms with Crippen LogP contribution in [0.4, 0.5) is 0 Å². The summed E-state index contributed by atoms with van der Waals surface area (Å²) in [6.07, 6.45) is 6.34. The minimum atomic E-state index is -0.416. The molecule has 15 heavy (non-hydrogen) atoms. The first-order chi connectivity index (χ1) is 7.05. The monoisotopic (exact) mass is 208 g/mol. The highest BCUT2D eigenvalue weighted by molar-refractivity contribution is 5.27. The molecule has 0 aromatic heterocycles. The van der Waals surface area contributed by atoms with Crippen LogP contribution in [-0.4, -0.2) is 17.5 Å². The molecule has 3 atom stereocenters. The fraction of sp³-hybridized carbons (Fsp3) is 0.846. The quantitative estimate of drug-likeness (QED) is 0.570. The van der Waals surface area contributed by atoms with E-state index in [9.17, 15) is 0 Å². The third kappa shape index (κ3) is 1.18. The average Bonchev–Trinajstić information content (AvgIpc) is 2.60. The second-order valence-electron chi connectivity index (χ2n) is 5.67. The van der Waals surface area contributed by atoms with Gasteiger partial charge in [0.05, 0.1) is 6.10 Å². The molecule has 0 bridgehead atoms. The predicted octanol–water partition coefficient (Wildman–Crippen LogP) is 3.03. The van der Waals surface area contributed by atoms with Crippen LogP contribution in [0.3, 0.4) is 0 Å². The summed E-state index contributed by atoms with van der Waals surface area (Å²) in [4.78, 5) is 0. The van der Waals surface area contributed by atoms with Gasteiger partial charge in [0.1, 0.15) is 5.60 Å². The molecular weight excluding hydrogens is 188 g/mol. The van der Waals surface area contributed by atoms with E-state index in [1.165, 1.54) is 24.8 Å². The normalized spacial score (nSPS) is 47.7. The zero-order valence-corrected chi connectivity index (χ0v) is 9.71. The van der Waals surface area contributed by atoms with Crippen molar-refractivity contribution >= 4 is 0 Å². The van der Waals surface area contributed by atoms with Crippen molar-refractivity contribution < 1.29 is 9.47 Å². The molecule has 0 aromatic rings. The van der Waals surface area contributed by atoms with Gasteiger partial charge in [0.2, 0.25) is 0 Å². The molecule has 0 unspecified atom stereocenters. The van der Waals surface area contributed by atoms with Crippen molar-refractivity contribution in [2.45, 2.75) is 63.4 Å². The van der Waals surface area contributed by atoms with Crippen LogP contribution in [0.1, 0.15) is 46.0 Å². The predicted molar refractivity (Wildman–Crippen MR) is 58.5 cm³/mol. The van der Waals surface area contributed by atoms with E-state index in [-0.39, 0.29) is 11.7 Å². The Morgan fingerprint density at radius 1 is 1.27 bits per heavy atom. The average molecular weight is 208 g/mol. The fourth-order valence-corrected chi connectivity index (χ4v) is 3.80. The van der Waals surface area contributed by atoms with E-state index in [1.807, 2.05) is 13.8 Å². The van der Waals surface area contributed by atoms with Gasteiger partial charge in [-0.25, -0.2) is 0 Å². The molecule has 0 aromatic carbocycles. The summed E-state index contributed by atoms with van der Waals surface area (Å²) in [6.45, 7) is 8.29. The van der Waals surface area contributed by atoms with Crippen LogP contribution in [0.15, 0.2) is 12.2 Å². The zero-order chi connectivity index (χ0) is 10.7. The van der Waals surface area contributed by atoms with Crippen LogP contribution >= 0.6 is 0 Å². The second kappa shape index (κ2) is 2.86. The molecule has 2 saturated carbocycles. The first-order valence-corrected chi connectivity index (χ1v) is 6.11. The molecule has 1 heterocycles. The molecule has 3 rings (SSSR count). The van der Waals surface area contributed by atoms with Crippen molar-refractivity contribution in [2.75, 3.05) is 0 Å². The largest absolute Gasteiger partial charge is 0.344 e. The third-order valence-corrected chi connectivity index (χ3v) is 4.29. The number of hydrogen-bond donors (Lipinski definition) is 0. The van der Waals surface area contributed by atoms with Crippen LogP contribution in [0.5, 0.6) is 0 Å². The van der Waals surface area contributed by atoms with E-state index < -0.39 is 5.79 Å². The van der Waals surface area contributed by atoms with Crippen LogP contribution in [0.2, 0.25) is 0 Å². The van der Waals surface area contributed by atoms with E-state index in [2.05, 4.69) is 6.58 Å². The van der Waals surface area contributed by atoms with Gasteiger partial charge in [-0.2, -0.15) is 0 Å². The Morgan fingerprint density at radius 2 is 2.07 bits per heavy atom. The van der Waals surface area contributed by atoms with Crippen molar-refractivity contribution in [3.63, 3.8) is 0 Å². The first-order valence-electron chi connectivity index (χ1n) is 6.11. The van der Waals surface area contributed by atoms with E-state index in [4.69, 9.17) is 9.47 Å². The minimum absolute atomic E-state index is 0.123. The van der Waals surface area contributed by atoms with Crippen molar-refractivity contribution in [3.8, 4) is 0 Å². The van der Waals surface area contributed by atoms with Gasteiger partial charge < -0.3 is 9.47 Å². The Labute approximate surface area is 91.6 Å². The highest BCUT2D eigenvalue weighted by Crippen LogP contribution is 2.57. The second-order valence-corrected chi connectivity index (χ2v) is 5.67. The highest BCUT2D eigenvalue weighted by Gasteiger charge is 2.61. The summed E-state index contributed by atoms with van der Waals surface area (Å²) in [6, 6.07) is 0. The van der Waals surface area contributed by atoms with Crippen LogP contribution in [0, 0.1) is 5.92 Å². The van der Waals surface area contributed by atoms with E-state index >= 15 is 0 Å². The topological polar surface area (TPSA) is 18.5 Å². The lowest BCUT2D eigenvalue weighted by Gasteiger charge is -2.39. The molecule has 0 N–H and O–H groups in total. The minimum Gasteiger partial charge on any atom is -0.344 e. The molecule has 3 fully saturated rings. The highest BCUT2D eigenvalue weighted by atomic mass is 16.8. The SMILES string of the molecule is C=C1CC[C@@H]2CCC[C@H]3OC(C)(C)O[C@@]123. The smallest absolute Gasteiger partial charge is 0.164 e. The zero-order valence-electron chi connectivity index (χ0n) is 9.71. The molecule has 2 aliphatic carbocycles. The summed E-state index contributed by atoms with van der Waals surface area (Å²) >= 11 is 0. The molecule has 2 heteroatoms. The molecule has 1 aliphatic heterocycles. The molecule has 2 nitrogen and oxygen atoms in total. The fourth-order valence-electron chi connectivity index (χ4n) is 3.80. The Hall–Kier alpha value is -0.340. The van der Waals surface area contributed by atoms with Gasteiger partial charge in [-0.1, -0.05) is 13.0 Å². The van der Waals surface area contributed by atoms with E-state index in [0.29, 0.717) is 5.92 Å². The van der Waals surface area contributed by atoms with Gasteiger partial charge in [0.25, 0.3) is 0 Å². The maximum Gasteiger partial charge on any atom is 0.164 e. The van der Waals surface area contributed by atoms with Crippen LogP contribution < -0.4 is 0 Å². The molecule has 84 valence electrons. The van der Waals surface area contributed by atoms with Crippen LogP contribution in [0.25, 0.3) is 0 Å². The van der Waals surface area contributed by atoms with Crippen molar-refractivity contribution in [2.24, 2.45) is 5.92 Å². The summed E-state index contributed by atoms with van der Waals surface area (Å²) in [7, 11) is 0. The Balaban J connectivity index is 2.02. The molecule has 1 saturated heterocycles. The summed E-state index contributed by atoms with van der Waals surface area (Å²) in [5.74, 6) is 0.242. The maximum absolute atomic E-state index is 6.25. The summed E-state index contributed by atoms with van der Waals surface area (Å²) in [5, 5.41) is 0. The Kier molecular flexibility index (Phi) is 1.88. The number of rotatable bonds is 0. The van der Waals surface area contributed by atoms with Crippen LogP contribution in [-0.2, 0) is 9.47 Å². The number of ether oxygens (including phenoxy) is 2. The first kappa shape index (κ1) is 9.86. The molecule has 1 spiro atoms. The van der Waals surface area contributed by atoms with Gasteiger partial charge >= 0.3 is 0 Å². The maximum atomic E-state index is 6.25. The van der Waals surface area contributed by atoms with Crippen molar-refractivity contribution in [1.29, 1.82) is 0 Å². The Bertz CT molecular complexity index is 308. The van der Waals surface area contributed by atoms with Gasteiger partial charge in [0.15, 0.2) is 5.79 Å². The van der Waals surface area contributed by atoms with E-state index in [0.717, 1.165) is 12.8 Å². The van der Waals surface area contributed by atoms with Crippen molar-refractivity contribution in [1.82, 2.24) is 0 Å². The Morgan fingerprint density at radius 3 is 2.87 bits per heavy atom. The molecule has 0 radical (unpaired) electrons. The van der Waals surface area contributed by atoms with E-state index in [1.54, 1.807) is 0 Å². The van der Waals surface area contributed by atoms with Gasteiger partial charge in [0, 0.05) is 0 Å². The molecule has 0 amide bonds. The van der Waals surface area contributed by atoms with Gasteiger partial charge in [-0.15, -0.1) is 0 Å². The summed E-state index contributed by atoms with van der Waals surface area (Å²) in [5.41, 5.74) is 1.16. The lowest BCUT2D eigenvalue weighted by Crippen LogP contribution is -2.47. The lowest BCUT2D eigenvalue weighted by atomic mass is 9.74. The van der Waals surface area contributed by atoms with Crippen molar-refractivity contribution in [3.05, 3.63) is 12.2 Å². The molecular formula is C13H20O2. The number of hydrogen-bond acceptors (Lipinski definition) is 2. The standard InChI is InChI=1S/C13H20O2/c1-9-7-8-10-5-4-6-11-13(9,10)15-12(2,3)14-11/h10-11H,1,4-8H2,2-3H3/t10-,11+,13-/m0/s1. The third-order valence-electron chi connectivity index (χ3n) is 4.29. The molecule has 3 aliphatic rings.